The molecule has 0 amide bonds. The van der Waals surface area contributed by atoms with Crippen molar-refractivity contribution in [2.75, 3.05) is 13.2 Å². The summed E-state index contributed by atoms with van der Waals surface area (Å²) >= 11 is 0. The van der Waals surface area contributed by atoms with Crippen molar-refractivity contribution >= 4 is 19.8 Å². The molecule has 8 nitrogen and oxygen atoms in total. The molecule has 0 radical (unpaired) electrons. The lowest BCUT2D eigenvalue weighted by atomic mass is 10.0. The molecule has 0 heterocycles. The Morgan fingerprint density at radius 3 is 1.45 bits per heavy atom. The van der Waals surface area contributed by atoms with Crippen molar-refractivity contribution in [1.29, 1.82) is 0 Å². The number of allylic oxidation sites excluding steroid dienone is 10. The van der Waals surface area contributed by atoms with Crippen molar-refractivity contribution < 1.29 is 37.9 Å². The maximum Gasteiger partial charge on any atom is 0.469 e. The second-order valence-electron chi connectivity index (χ2n) is 12.5. The van der Waals surface area contributed by atoms with Crippen LogP contribution in [-0.4, -0.2) is 41.0 Å². The van der Waals surface area contributed by atoms with Crippen molar-refractivity contribution in [2.45, 2.75) is 168 Å². The average molecular weight is 709 g/mol. The molecule has 0 saturated carbocycles. The van der Waals surface area contributed by atoms with Crippen molar-refractivity contribution in [2.24, 2.45) is 0 Å². The van der Waals surface area contributed by atoms with Gasteiger partial charge in [-0.1, -0.05) is 158 Å². The lowest BCUT2D eigenvalue weighted by Gasteiger charge is -2.18. The van der Waals surface area contributed by atoms with Crippen LogP contribution in [0.5, 0.6) is 0 Å². The molecule has 1 atom stereocenters. The zero-order valence-corrected chi connectivity index (χ0v) is 31.7. The zero-order chi connectivity index (χ0) is 36.1. The molecule has 0 aromatic carbocycles. The molecule has 0 aliphatic heterocycles. The summed E-state index contributed by atoms with van der Waals surface area (Å²) in [6, 6.07) is 0. The fourth-order valence-electron chi connectivity index (χ4n) is 5.00. The lowest BCUT2D eigenvalue weighted by molar-refractivity contribution is -0.161. The third-order valence-electron chi connectivity index (χ3n) is 7.80. The Kier molecular flexibility index (Phi) is 33.9. The van der Waals surface area contributed by atoms with Crippen LogP contribution < -0.4 is 0 Å². The summed E-state index contributed by atoms with van der Waals surface area (Å²) in [6.07, 6.45) is 43.7. The summed E-state index contributed by atoms with van der Waals surface area (Å²) in [5.41, 5.74) is 0. The van der Waals surface area contributed by atoms with Crippen molar-refractivity contribution in [3.63, 3.8) is 0 Å². The van der Waals surface area contributed by atoms with Gasteiger partial charge in [0.25, 0.3) is 0 Å². The molecule has 9 heteroatoms. The Bertz CT molecular complexity index is 979. The first-order valence-corrected chi connectivity index (χ1v) is 20.6. The molecule has 0 aliphatic rings. The molecule has 0 fully saturated rings. The minimum Gasteiger partial charge on any atom is -0.462 e. The molecular formula is C40H69O8P. The van der Waals surface area contributed by atoms with E-state index in [0.717, 1.165) is 51.4 Å². The summed E-state index contributed by atoms with van der Waals surface area (Å²) in [5, 5.41) is 0. The molecule has 2 N–H and O–H groups in total. The fraction of sp³-hybridized carbons (Fsp3) is 0.700. The maximum absolute atomic E-state index is 12.3. The molecule has 49 heavy (non-hydrogen) atoms. The highest BCUT2D eigenvalue weighted by molar-refractivity contribution is 7.46. The van der Waals surface area contributed by atoms with Crippen LogP contribution in [0.4, 0.5) is 0 Å². The normalized spacial score (nSPS) is 13.1. The van der Waals surface area contributed by atoms with Gasteiger partial charge in [0.2, 0.25) is 0 Å². The molecule has 0 unspecified atom stereocenters. The number of hydrogen-bond donors (Lipinski definition) is 2. The number of ether oxygens (including phenoxy) is 2. The summed E-state index contributed by atoms with van der Waals surface area (Å²) in [5.74, 6) is -0.954. The van der Waals surface area contributed by atoms with Gasteiger partial charge in [-0.25, -0.2) is 4.57 Å². The summed E-state index contributed by atoms with van der Waals surface area (Å²) in [6.45, 7) is 3.51. The highest BCUT2D eigenvalue weighted by Crippen LogP contribution is 2.36. The van der Waals surface area contributed by atoms with E-state index in [1.165, 1.54) is 70.6 Å². The molecule has 282 valence electrons. The van der Waals surface area contributed by atoms with E-state index in [-0.39, 0.29) is 19.4 Å². The van der Waals surface area contributed by atoms with Gasteiger partial charge in [-0.3, -0.25) is 14.1 Å². The minimum atomic E-state index is -4.77. The number of carbonyl (C=O) groups is 2. The van der Waals surface area contributed by atoms with E-state index in [4.69, 9.17) is 19.3 Å². The van der Waals surface area contributed by atoms with Crippen molar-refractivity contribution in [3.05, 3.63) is 60.8 Å². The Balaban J connectivity index is 4.07. The van der Waals surface area contributed by atoms with Crippen molar-refractivity contribution in [1.82, 2.24) is 0 Å². The lowest BCUT2D eigenvalue weighted by Crippen LogP contribution is -2.29. The Morgan fingerprint density at radius 1 is 0.551 bits per heavy atom. The number of phosphoric ester groups is 1. The van der Waals surface area contributed by atoms with Crippen LogP contribution in [0, 0.1) is 0 Å². The van der Waals surface area contributed by atoms with Crippen LogP contribution in [-0.2, 0) is 28.2 Å². The number of esters is 2. The van der Waals surface area contributed by atoms with Gasteiger partial charge in [-0.2, -0.15) is 0 Å². The highest BCUT2D eigenvalue weighted by Gasteiger charge is 2.22. The summed E-state index contributed by atoms with van der Waals surface area (Å²) in [7, 11) is -4.77. The quantitative estimate of drug-likeness (QED) is 0.0293. The molecule has 0 aliphatic carbocycles. The van der Waals surface area contributed by atoms with Crippen LogP contribution in [0.1, 0.15) is 162 Å². The maximum atomic E-state index is 12.3. The van der Waals surface area contributed by atoms with Crippen LogP contribution in [0.2, 0.25) is 0 Å². The molecule has 0 spiro atoms. The summed E-state index contributed by atoms with van der Waals surface area (Å²) in [4.78, 5) is 42.7. The highest BCUT2D eigenvalue weighted by atomic mass is 31.2. The minimum absolute atomic E-state index is 0.133. The predicted molar refractivity (Wildman–Crippen MR) is 202 cm³/mol. The SMILES string of the molecule is CC/C=C\C/C=C\C/C=C\C/C=C\C/C=C\CCCC(=O)O[C@H](COC(=O)CCCCCCCCCCCCCCCC)COP(=O)(O)O. The van der Waals surface area contributed by atoms with E-state index in [9.17, 15) is 14.2 Å². The van der Waals surface area contributed by atoms with Gasteiger partial charge < -0.3 is 19.3 Å². The molecule has 0 bridgehead atoms. The fourth-order valence-corrected chi connectivity index (χ4v) is 5.36. The van der Waals surface area contributed by atoms with E-state index in [0.29, 0.717) is 12.8 Å². The van der Waals surface area contributed by atoms with Crippen LogP contribution in [0.3, 0.4) is 0 Å². The first kappa shape index (κ1) is 46.8. The second-order valence-corrected chi connectivity index (χ2v) is 13.8. The van der Waals surface area contributed by atoms with Crippen LogP contribution >= 0.6 is 7.82 Å². The molecule has 0 aromatic rings. The second kappa shape index (κ2) is 35.6. The third-order valence-corrected chi connectivity index (χ3v) is 8.29. The number of unbranched alkanes of at least 4 members (excludes halogenated alkanes) is 14. The van der Waals surface area contributed by atoms with Gasteiger partial charge in [-0.15, -0.1) is 0 Å². The number of rotatable bonds is 34. The van der Waals surface area contributed by atoms with Gasteiger partial charge in [-0.05, 0) is 51.4 Å². The van der Waals surface area contributed by atoms with Crippen molar-refractivity contribution in [3.8, 4) is 0 Å². The van der Waals surface area contributed by atoms with E-state index >= 15 is 0 Å². The molecule has 0 aromatic heterocycles. The molecule has 0 rings (SSSR count). The van der Waals surface area contributed by atoms with Gasteiger partial charge in [0, 0.05) is 12.8 Å². The standard InChI is InChI=1S/C40H69O8P/c1-3-5-7-9-11-13-15-17-19-20-21-23-25-27-29-31-33-35-40(42)48-38(37-47-49(43,44)45)36-46-39(41)34-32-30-28-26-24-22-18-16-14-12-10-8-6-4-2/h5,7,11,13,17,19,21,23,27,29,38H,3-4,6,8-10,12,14-16,18,20,22,24-26,28,30-37H2,1-2H3,(H2,43,44,45)/b7-5-,13-11-,19-17-,23-21-,29-27-/t38-/m1/s1. The van der Waals surface area contributed by atoms with E-state index < -0.39 is 32.5 Å². The first-order valence-electron chi connectivity index (χ1n) is 19.1. The Labute approximate surface area is 298 Å². The smallest absolute Gasteiger partial charge is 0.462 e. The Hall–Kier alpha value is -2.25. The van der Waals surface area contributed by atoms with Crippen LogP contribution in [0.25, 0.3) is 0 Å². The zero-order valence-electron chi connectivity index (χ0n) is 30.8. The first-order chi connectivity index (χ1) is 23.8. The van der Waals surface area contributed by atoms with Crippen LogP contribution in [0.15, 0.2) is 60.8 Å². The number of carbonyl (C=O) groups excluding carboxylic acids is 2. The largest absolute Gasteiger partial charge is 0.469 e. The van der Waals surface area contributed by atoms with Gasteiger partial charge in [0.15, 0.2) is 6.10 Å². The molecule has 0 saturated heterocycles. The predicted octanol–water partition coefficient (Wildman–Crippen LogP) is 11.3. The molecular weight excluding hydrogens is 639 g/mol. The summed E-state index contributed by atoms with van der Waals surface area (Å²) < 4.78 is 26.3. The van der Waals surface area contributed by atoms with Gasteiger partial charge in [0.1, 0.15) is 6.61 Å². The van der Waals surface area contributed by atoms with E-state index in [2.05, 4.69) is 67.0 Å². The monoisotopic (exact) mass is 708 g/mol. The van der Waals surface area contributed by atoms with Gasteiger partial charge >= 0.3 is 19.8 Å². The number of hydrogen-bond acceptors (Lipinski definition) is 6. The Morgan fingerprint density at radius 2 is 0.980 bits per heavy atom. The average Bonchev–Trinajstić information content (AvgIpc) is 3.07. The van der Waals surface area contributed by atoms with Gasteiger partial charge in [0.05, 0.1) is 6.61 Å². The van der Waals surface area contributed by atoms with E-state index in [1.807, 2.05) is 12.2 Å². The van der Waals surface area contributed by atoms with E-state index in [1.54, 1.807) is 0 Å². The topological polar surface area (TPSA) is 119 Å². The number of phosphoric acid groups is 1. The third kappa shape index (κ3) is 38.4.